The molecule has 32 heavy (non-hydrogen) atoms. The SMILES string of the molecule is CCCSc1nc(NCCOC)c2cnn(CCNC(=O)Cc3ccc(OC)cc3)c2n1. The molecule has 10 heteroatoms. The summed E-state index contributed by atoms with van der Waals surface area (Å²) in [7, 11) is 3.29. The quantitative estimate of drug-likeness (QED) is 0.229. The summed E-state index contributed by atoms with van der Waals surface area (Å²) in [6.07, 6.45) is 3.12. The molecule has 0 aliphatic rings. The number of anilines is 1. The van der Waals surface area contributed by atoms with E-state index in [1.807, 2.05) is 28.9 Å². The molecular formula is C22H30N6O3S. The summed E-state index contributed by atoms with van der Waals surface area (Å²) in [5.41, 5.74) is 1.69. The molecule has 172 valence electrons. The van der Waals surface area contributed by atoms with Crippen molar-refractivity contribution in [1.29, 1.82) is 0 Å². The maximum absolute atomic E-state index is 12.3. The molecule has 1 aromatic carbocycles. The number of nitrogens with zero attached hydrogens (tertiary/aromatic N) is 4. The largest absolute Gasteiger partial charge is 0.497 e. The number of aromatic nitrogens is 4. The topological polar surface area (TPSA) is 103 Å². The molecule has 1 amide bonds. The minimum atomic E-state index is -0.0395. The van der Waals surface area contributed by atoms with Crippen molar-refractivity contribution < 1.29 is 14.3 Å². The zero-order valence-electron chi connectivity index (χ0n) is 18.8. The lowest BCUT2D eigenvalue weighted by molar-refractivity contribution is -0.120. The predicted octanol–water partition coefficient (Wildman–Crippen LogP) is 2.75. The highest BCUT2D eigenvalue weighted by Crippen LogP contribution is 2.24. The van der Waals surface area contributed by atoms with Crippen LogP contribution in [0.4, 0.5) is 5.82 Å². The normalized spacial score (nSPS) is 11.0. The van der Waals surface area contributed by atoms with Crippen LogP contribution in [0.3, 0.4) is 0 Å². The van der Waals surface area contributed by atoms with Gasteiger partial charge < -0.3 is 20.1 Å². The first-order valence-corrected chi connectivity index (χ1v) is 11.6. The van der Waals surface area contributed by atoms with Crippen LogP contribution in [0, 0.1) is 0 Å². The molecule has 3 rings (SSSR count). The van der Waals surface area contributed by atoms with Crippen molar-refractivity contribution in [2.24, 2.45) is 0 Å². The summed E-state index contributed by atoms with van der Waals surface area (Å²) in [4.78, 5) is 21.7. The number of hydrogen-bond donors (Lipinski definition) is 2. The second-order valence-corrected chi connectivity index (χ2v) is 8.16. The summed E-state index contributed by atoms with van der Waals surface area (Å²) in [5.74, 6) is 2.43. The van der Waals surface area contributed by atoms with E-state index in [9.17, 15) is 4.79 Å². The zero-order valence-corrected chi connectivity index (χ0v) is 19.6. The molecule has 3 aromatic rings. The summed E-state index contributed by atoms with van der Waals surface area (Å²) >= 11 is 1.62. The highest BCUT2D eigenvalue weighted by molar-refractivity contribution is 7.99. The number of hydrogen-bond acceptors (Lipinski definition) is 8. The fraction of sp³-hybridized carbons (Fsp3) is 0.455. The van der Waals surface area contributed by atoms with Crippen molar-refractivity contribution >= 4 is 34.5 Å². The van der Waals surface area contributed by atoms with Crippen molar-refractivity contribution in [2.45, 2.75) is 31.5 Å². The van der Waals surface area contributed by atoms with Gasteiger partial charge in [-0.05, 0) is 24.1 Å². The Hall–Kier alpha value is -2.85. The molecule has 0 saturated heterocycles. The van der Waals surface area contributed by atoms with E-state index in [1.54, 1.807) is 32.2 Å². The molecule has 2 heterocycles. The Bertz CT molecular complexity index is 1010. The summed E-state index contributed by atoms with van der Waals surface area (Å²) in [6.45, 7) is 4.33. The molecular weight excluding hydrogens is 428 g/mol. The number of ether oxygens (including phenoxy) is 2. The van der Waals surface area contributed by atoms with Gasteiger partial charge in [-0.15, -0.1) is 0 Å². The van der Waals surface area contributed by atoms with Crippen LogP contribution in [0.25, 0.3) is 11.0 Å². The van der Waals surface area contributed by atoms with Crippen molar-refractivity contribution in [2.75, 3.05) is 45.0 Å². The third-order valence-corrected chi connectivity index (χ3v) is 5.73. The van der Waals surface area contributed by atoms with Crippen LogP contribution >= 0.6 is 11.8 Å². The number of benzene rings is 1. The van der Waals surface area contributed by atoms with Gasteiger partial charge in [0.05, 0.1) is 38.3 Å². The van der Waals surface area contributed by atoms with Gasteiger partial charge in [0.2, 0.25) is 5.91 Å². The maximum atomic E-state index is 12.3. The minimum Gasteiger partial charge on any atom is -0.497 e. The summed E-state index contributed by atoms with van der Waals surface area (Å²) in [6, 6.07) is 7.49. The second-order valence-electron chi connectivity index (χ2n) is 7.10. The Morgan fingerprint density at radius 1 is 1.16 bits per heavy atom. The predicted molar refractivity (Wildman–Crippen MR) is 126 cm³/mol. The van der Waals surface area contributed by atoms with Crippen LogP contribution in [-0.4, -0.2) is 65.3 Å². The molecule has 2 N–H and O–H groups in total. The Morgan fingerprint density at radius 3 is 2.69 bits per heavy atom. The van der Waals surface area contributed by atoms with Crippen LogP contribution in [0.2, 0.25) is 0 Å². The Balaban J connectivity index is 1.64. The van der Waals surface area contributed by atoms with Gasteiger partial charge in [0, 0.05) is 26.0 Å². The molecule has 0 aliphatic carbocycles. The van der Waals surface area contributed by atoms with Gasteiger partial charge in [0.25, 0.3) is 0 Å². The summed E-state index contributed by atoms with van der Waals surface area (Å²) in [5, 5.41) is 12.3. The molecule has 2 aromatic heterocycles. The fourth-order valence-electron chi connectivity index (χ4n) is 3.06. The van der Waals surface area contributed by atoms with Gasteiger partial charge in [-0.2, -0.15) is 5.10 Å². The molecule has 0 bridgehead atoms. The van der Waals surface area contributed by atoms with E-state index in [2.05, 4.69) is 27.6 Å². The fourth-order valence-corrected chi connectivity index (χ4v) is 3.75. The maximum Gasteiger partial charge on any atom is 0.224 e. The monoisotopic (exact) mass is 458 g/mol. The number of fused-ring (bicyclic) bond motifs is 1. The third-order valence-electron chi connectivity index (χ3n) is 4.68. The number of carbonyl (C=O) groups is 1. The van der Waals surface area contributed by atoms with E-state index in [4.69, 9.17) is 14.5 Å². The van der Waals surface area contributed by atoms with Crippen LogP contribution < -0.4 is 15.4 Å². The van der Waals surface area contributed by atoms with Gasteiger partial charge in [0.1, 0.15) is 11.6 Å². The van der Waals surface area contributed by atoms with Crippen molar-refractivity contribution in [3.8, 4) is 5.75 Å². The van der Waals surface area contributed by atoms with Crippen LogP contribution in [-0.2, 0) is 22.5 Å². The Morgan fingerprint density at radius 2 is 1.97 bits per heavy atom. The first-order valence-electron chi connectivity index (χ1n) is 10.6. The van der Waals surface area contributed by atoms with E-state index in [-0.39, 0.29) is 5.91 Å². The minimum absolute atomic E-state index is 0.0395. The molecule has 0 saturated carbocycles. The van der Waals surface area contributed by atoms with Crippen LogP contribution in [0.5, 0.6) is 5.75 Å². The molecule has 0 spiro atoms. The lowest BCUT2D eigenvalue weighted by Crippen LogP contribution is -2.28. The van der Waals surface area contributed by atoms with E-state index in [1.165, 1.54) is 0 Å². The Kier molecular flexibility index (Phi) is 9.12. The number of thioether (sulfide) groups is 1. The average molecular weight is 459 g/mol. The van der Waals surface area contributed by atoms with Crippen molar-refractivity contribution in [3.05, 3.63) is 36.0 Å². The molecule has 9 nitrogen and oxygen atoms in total. The molecule has 0 fully saturated rings. The van der Waals surface area contributed by atoms with Crippen molar-refractivity contribution in [1.82, 2.24) is 25.1 Å². The first kappa shape index (κ1) is 23.8. The van der Waals surface area contributed by atoms with E-state index < -0.39 is 0 Å². The number of nitrogens with one attached hydrogen (secondary N) is 2. The summed E-state index contributed by atoms with van der Waals surface area (Å²) < 4.78 is 12.1. The molecule has 0 atom stereocenters. The van der Waals surface area contributed by atoms with Crippen molar-refractivity contribution in [3.63, 3.8) is 0 Å². The Labute approximate surface area is 192 Å². The van der Waals surface area contributed by atoms with Crippen LogP contribution in [0.15, 0.2) is 35.6 Å². The number of rotatable bonds is 13. The van der Waals surface area contributed by atoms with Gasteiger partial charge >= 0.3 is 0 Å². The van der Waals surface area contributed by atoms with Gasteiger partial charge in [0.15, 0.2) is 10.8 Å². The highest BCUT2D eigenvalue weighted by atomic mass is 32.2. The van der Waals surface area contributed by atoms with E-state index >= 15 is 0 Å². The molecule has 0 unspecified atom stereocenters. The third kappa shape index (κ3) is 6.57. The van der Waals surface area contributed by atoms with E-state index in [0.29, 0.717) is 37.8 Å². The van der Waals surface area contributed by atoms with E-state index in [0.717, 1.165) is 40.3 Å². The van der Waals surface area contributed by atoms with Gasteiger partial charge in [-0.1, -0.05) is 30.8 Å². The number of carbonyl (C=O) groups excluding carboxylic acids is 1. The number of methoxy groups -OCH3 is 2. The molecule has 0 aliphatic heterocycles. The average Bonchev–Trinajstić information content (AvgIpc) is 3.21. The zero-order chi connectivity index (χ0) is 22.8. The highest BCUT2D eigenvalue weighted by Gasteiger charge is 2.13. The standard InChI is InChI=1S/C22H30N6O3S/c1-4-13-32-22-26-20(24-10-12-30-2)18-15-25-28(21(18)27-22)11-9-23-19(29)14-16-5-7-17(31-3)8-6-16/h5-8,15H,4,9-14H2,1-3H3,(H,23,29)(H,24,26,27). The smallest absolute Gasteiger partial charge is 0.224 e. The lowest BCUT2D eigenvalue weighted by Gasteiger charge is -2.10. The first-order chi connectivity index (χ1) is 15.6. The number of amides is 1. The van der Waals surface area contributed by atoms with Crippen LogP contribution in [0.1, 0.15) is 18.9 Å². The molecule has 0 radical (unpaired) electrons. The lowest BCUT2D eigenvalue weighted by atomic mass is 10.1. The second kappa shape index (κ2) is 12.3. The van der Waals surface area contributed by atoms with Gasteiger partial charge in [-0.3, -0.25) is 4.79 Å². The van der Waals surface area contributed by atoms with Gasteiger partial charge in [-0.25, -0.2) is 14.6 Å².